The summed E-state index contributed by atoms with van der Waals surface area (Å²) < 4.78 is 0. The Morgan fingerprint density at radius 2 is 1.86 bits per heavy atom. The van der Waals surface area contributed by atoms with Crippen LogP contribution in [0.1, 0.15) is 13.8 Å². The SMILES string of the molecule is CCN(CC)c1cc(N)ccn1.Cl.Cl. The molecule has 0 amide bonds. The van der Waals surface area contributed by atoms with Crippen LogP contribution in [0, 0.1) is 0 Å². The molecule has 0 radical (unpaired) electrons. The highest BCUT2D eigenvalue weighted by Crippen LogP contribution is 2.12. The summed E-state index contributed by atoms with van der Waals surface area (Å²) in [4.78, 5) is 6.39. The third-order valence-corrected chi connectivity index (χ3v) is 1.86. The lowest BCUT2D eigenvalue weighted by Crippen LogP contribution is -2.22. The number of rotatable bonds is 3. The third kappa shape index (κ3) is 4.03. The summed E-state index contributed by atoms with van der Waals surface area (Å²) in [6, 6.07) is 3.69. The van der Waals surface area contributed by atoms with Crippen LogP contribution in [0.25, 0.3) is 0 Å². The molecule has 1 rings (SSSR count). The topological polar surface area (TPSA) is 42.1 Å². The van der Waals surface area contributed by atoms with Crippen molar-refractivity contribution in [1.29, 1.82) is 0 Å². The van der Waals surface area contributed by atoms with Gasteiger partial charge in [0.05, 0.1) is 0 Å². The van der Waals surface area contributed by atoms with Gasteiger partial charge in [0.15, 0.2) is 0 Å². The molecule has 0 saturated carbocycles. The van der Waals surface area contributed by atoms with Gasteiger partial charge in [0.25, 0.3) is 0 Å². The van der Waals surface area contributed by atoms with Crippen molar-refractivity contribution in [3.63, 3.8) is 0 Å². The van der Waals surface area contributed by atoms with Gasteiger partial charge >= 0.3 is 0 Å². The van der Waals surface area contributed by atoms with Crippen LogP contribution in [-0.2, 0) is 0 Å². The maximum absolute atomic E-state index is 5.64. The number of nitrogens with zero attached hydrogens (tertiary/aromatic N) is 2. The highest BCUT2D eigenvalue weighted by Gasteiger charge is 2.01. The number of nitrogen functional groups attached to an aromatic ring is 1. The Kier molecular flexibility index (Phi) is 8.69. The van der Waals surface area contributed by atoms with Gasteiger partial charge in [-0.3, -0.25) is 0 Å². The van der Waals surface area contributed by atoms with E-state index >= 15 is 0 Å². The van der Waals surface area contributed by atoms with Crippen LogP contribution < -0.4 is 10.6 Å². The average molecular weight is 238 g/mol. The summed E-state index contributed by atoms with van der Waals surface area (Å²) in [5.74, 6) is 0.958. The summed E-state index contributed by atoms with van der Waals surface area (Å²) in [5.41, 5.74) is 6.41. The van der Waals surface area contributed by atoms with Crippen molar-refractivity contribution in [2.24, 2.45) is 0 Å². The van der Waals surface area contributed by atoms with Crippen molar-refractivity contribution in [3.05, 3.63) is 18.3 Å². The number of hydrogen-bond acceptors (Lipinski definition) is 3. The van der Waals surface area contributed by atoms with Crippen molar-refractivity contribution in [2.75, 3.05) is 23.7 Å². The molecule has 0 aliphatic heterocycles. The third-order valence-electron chi connectivity index (χ3n) is 1.86. The van der Waals surface area contributed by atoms with Gasteiger partial charge in [0.2, 0.25) is 0 Å². The van der Waals surface area contributed by atoms with Crippen LogP contribution in [0.3, 0.4) is 0 Å². The molecule has 0 aliphatic carbocycles. The molecule has 3 nitrogen and oxygen atoms in total. The Morgan fingerprint density at radius 3 is 2.29 bits per heavy atom. The fourth-order valence-corrected chi connectivity index (χ4v) is 1.15. The second kappa shape index (κ2) is 7.71. The first-order valence-electron chi connectivity index (χ1n) is 4.24. The van der Waals surface area contributed by atoms with Gasteiger partial charge in [0.1, 0.15) is 5.82 Å². The molecule has 2 N–H and O–H groups in total. The van der Waals surface area contributed by atoms with E-state index in [9.17, 15) is 0 Å². The van der Waals surface area contributed by atoms with Crippen LogP contribution in [0.5, 0.6) is 0 Å². The van der Waals surface area contributed by atoms with E-state index in [0.717, 1.165) is 24.6 Å². The van der Waals surface area contributed by atoms with Crippen molar-refractivity contribution in [2.45, 2.75) is 13.8 Å². The molecule has 5 heteroatoms. The van der Waals surface area contributed by atoms with Gasteiger partial charge in [-0.15, -0.1) is 24.8 Å². The summed E-state index contributed by atoms with van der Waals surface area (Å²) in [6.07, 6.45) is 1.74. The minimum atomic E-state index is 0. The van der Waals surface area contributed by atoms with E-state index in [1.165, 1.54) is 0 Å². The molecule has 0 aliphatic rings. The highest BCUT2D eigenvalue weighted by molar-refractivity contribution is 5.85. The molecular formula is C9H17Cl2N3. The van der Waals surface area contributed by atoms with Crippen LogP contribution >= 0.6 is 24.8 Å². The van der Waals surface area contributed by atoms with Gasteiger partial charge in [-0.1, -0.05) is 0 Å². The van der Waals surface area contributed by atoms with Crippen molar-refractivity contribution in [1.82, 2.24) is 4.98 Å². The standard InChI is InChI=1S/C9H15N3.2ClH/c1-3-12(4-2)9-7-8(10)5-6-11-9;;/h5-7H,3-4H2,1-2H3,(H2,10,11);2*1H. The van der Waals surface area contributed by atoms with E-state index in [4.69, 9.17) is 5.73 Å². The van der Waals surface area contributed by atoms with Crippen LogP contribution in [-0.4, -0.2) is 18.1 Å². The van der Waals surface area contributed by atoms with E-state index in [1.54, 1.807) is 12.3 Å². The predicted octanol–water partition coefficient (Wildman–Crippen LogP) is 2.35. The van der Waals surface area contributed by atoms with E-state index in [1.807, 2.05) is 6.07 Å². The van der Waals surface area contributed by atoms with Gasteiger partial charge in [-0.2, -0.15) is 0 Å². The number of hydrogen-bond donors (Lipinski definition) is 1. The Hall–Kier alpha value is -0.670. The molecule has 0 unspecified atom stereocenters. The highest BCUT2D eigenvalue weighted by atomic mass is 35.5. The molecule has 0 atom stereocenters. The average Bonchev–Trinajstić information content (AvgIpc) is 2.07. The lowest BCUT2D eigenvalue weighted by atomic mass is 10.3. The molecule has 0 spiro atoms. The smallest absolute Gasteiger partial charge is 0.130 e. The fraction of sp³-hybridized carbons (Fsp3) is 0.444. The summed E-state index contributed by atoms with van der Waals surface area (Å²) in [5, 5.41) is 0. The first-order chi connectivity index (χ1) is 5.77. The minimum Gasteiger partial charge on any atom is -0.399 e. The Morgan fingerprint density at radius 1 is 1.29 bits per heavy atom. The molecule has 1 aromatic rings. The number of pyridine rings is 1. The Labute approximate surface area is 97.5 Å². The van der Waals surface area contributed by atoms with E-state index in [-0.39, 0.29) is 24.8 Å². The number of halogens is 2. The lowest BCUT2D eigenvalue weighted by Gasteiger charge is -2.19. The molecule has 0 fully saturated rings. The quantitative estimate of drug-likeness (QED) is 0.878. The summed E-state index contributed by atoms with van der Waals surface area (Å²) >= 11 is 0. The number of anilines is 2. The zero-order valence-corrected chi connectivity index (χ0v) is 10.1. The van der Waals surface area contributed by atoms with Gasteiger partial charge in [-0.05, 0) is 19.9 Å². The zero-order valence-electron chi connectivity index (χ0n) is 8.43. The van der Waals surface area contributed by atoms with Crippen molar-refractivity contribution >= 4 is 36.3 Å². The van der Waals surface area contributed by atoms with Crippen molar-refractivity contribution < 1.29 is 0 Å². The Balaban J connectivity index is 0. The van der Waals surface area contributed by atoms with Gasteiger partial charge in [0, 0.05) is 31.0 Å². The molecule has 14 heavy (non-hydrogen) atoms. The molecule has 1 heterocycles. The number of aromatic nitrogens is 1. The maximum Gasteiger partial charge on any atom is 0.130 e. The first kappa shape index (κ1) is 15.8. The normalized spacial score (nSPS) is 8.43. The zero-order chi connectivity index (χ0) is 8.97. The number of nitrogens with two attached hydrogens (primary N) is 1. The fourth-order valence-electron chi connectivity index (χ4n) is 1.15. The van der Waals surface area contributed by atoms with Gasteiger partial charge < -0.3 is 10.6 Å². The maximum atomic E-state index is 5.64. The first-order valence-corrected chi connectivity index (χ1v) is 4.24. The largest absolute Gasteiger partial charge is 0.399 e. The van der Waals surface area contributed by atoms with Gasteiger partial charge in [-0.25, -0.2) is 4.98 Å². The minimum absolute atomic E-state index is 0. The predicted molar refractivity (Wildman–Crippen MR) is 66.7 cm³/mol. The summed E-state index contributed by atoms with van der Waals surface area (Å²) in [7, 11) is 0. The molecule has 0 saturated heterocycles. The molecule has 1 aromatic heterocycles. The van der Waals surface area contributed by atoms with E-state index in [2.05, 4.69) is 23.7 Å². The molecule has 0 aromatic carbocycles. The van der Waals surface area contributed by atoms with Crippen LogP contribution in [0.15, 0.2) is 18.3 Å². The monoisotopic (exact) mass is 237 g/mol. The molecule has 0 bridgehead atoms. The van der Waals surface area contributed by atoms with Crippen LogP contribution in [0.4, 0.5) is 11.5 Å². The second-order valence-corrected chi connectivity index (χ2v) is 2.62. The van der Waals surface area contributed by atoms with Crippen molar-refractivity contribution in [3.8, 4) is 0 Å². The Bertz CT molecular complexity index is 252. The molecule has 82 valence electrons. The molecular weight excluding hydrogens is 221 g/mol. The van der Waals surface area contributed by atoms with E-state index < -0.39 is 0 Å². The summed E-state index contributed by atoms with van der Waals surface area (Å²) in [6.45, 7) is 6.14. The van der Waals surface area contributed by atoms with Crippen LogP contribution in [0.2, 0.25) is 0 Å². The second-order valence-electron chi connectivity index (χ2n) is 2.62. The van der Waals surface area contributed by atoms with E-state index in [0.29, 0.717) is 0 Å². The lowest BCUT2D eigenvalue weighted by molar-refractivity contribution is 0.846.